The molecule has 0 spiro atoms. The largest absolute Gasteiger partial charge is 0.336 e. The van der Waals surface area contributed by atoms with E-state index in [0.717, 1.165) is 35.5 Å². The van der Waals surface area contributed by atoms with E-state index in [1.54, 1.807) is 22.3 Å². The summed E-state index contributed by atoms with van der Waals surface area (Å²) in [4.78, 5) is 32.7. The SMILES string of the molecule is Cc1nc2c(s1)C(N(C)C(=O)Cn1nc(-c3ccccc3)ccc1=O)CCC2. The second kappa shape index (κ2) is 7.67. The van der Waals surface area contributed by atoms with Gasteiger partial charge < -0.3 is 4.90 Å². The number of benzene rings is 1. The topological polar surface area (TPSA) is 68.1 Å². The number of hydrogen-bond acceptors (Lipinski definition) is 5. The molecule has 7 heteroatoms. The van der Waals surface area contributed by atoms with Crippen molar-refractivity contribution in [3.63, 3.8) is 0 Å². The first kappa shape index (κ1) is 18.6. The Hall–Kier alpha value is -2.80. The van der Waals surface area contributed by atoms with Crippen molar-refractivity contribution in [3.8, 4) is 11.3 Å². The van der Waals surface area contributed by atoms with Crippen molar-refractivity contribution in [1.82, 2.24) is 19.7 Å². The van der Waals surface area contributed by atoms with Crippen LogP contribution in [0.3, 0.4) is 0 Å². The molecule has 0 bridgehead atoms. The third-order valence-electron chi connectivity index (χ3n) is 5.11. The summed E-state index contributed by atoms with van der Waals surface area (Å²) in [5.74, 6) is -0.122. The number of carbonyl (C=O) groups is 1. The van der Waals surface area contributed by atoms with Gasteiger partial charge in [0.05, 0.1) is 27.3 Å². The molecule has 1 amide bonds. The molecule has 144 valence electrons. The number of aryl methyl sites for hydroxylation is 2. The molecule has 3 aromatic rings. The summed E-state index contributed by atoms with van der Waals surface area (Å²) >= 11 is 1.66. The molecule has 1 aliphatic rings. The van der Waals surface area contributed by atoms with Gasteiger partial charge in [0, 0.05) is 18.7 Å². The van der Waals surface area contributed by atoms with Gasteiger partial charge in [-0.15, -0.1) is 11.3 Å². The van der Waals surface area contributed by atoms with E-state index in [1.807, 2.05) is 44.3 Å². The maximum Gasteiger partial charge on any atom is 0.267 e. The number of hydrogen-bond donors (Lipinski definition) is 0. The summed E-state index contributed by atoms with van der Waals surface area (Å²) < 4.78 is 1.25. The molecule has 1 aliphatic carbocycles. The third kappa shape index (κ3) is 3.62. The fourth-order valence-corrected chi connectivity index (χ4v) is 4.78. The number of nitrogens with zero attached hydrogens (tertiary/aromatic N) is 4. The predicted octanol–water partition coefficient (Wildman–Crippen LogP) is 3.21. The van der Waals surface area contributed by atoms with Crippen LogP contribution in [0.15, 0.2) is 47.3 Å². The van der Waals surface area contributed by atoms with Crippen LogP contribution in [0.1, 0.15) is 34.5 Å². The average Bonchev–Trinajstić information content (AvgIpc) is 3.10. The van der Waals surface area contributed by atoms with E-state index in [-0.39, 0.29) is 24.1 Å². The van der Waals surface area contributed by atoms with Crippen LogP contribution >= 0.6 is 11.3 Å². The normalized spacial score (nSPS) is 15.9. The van der Waals surface area contributed by atoms with Crippen LogP contribution in [-0.2, 0) is 17.8 Å². The molecular weight excluding hydrogens is 372 g/mol. The first-order valence-electron chi connectivity index (χ1n) is 9.38. The number of carbonyl (C=O) groups excluding carboxylic acids is 1. The lowest BCUT2D eigenvalue weighted by Gasteiger charge is -2.30. The molecule has 2 heterocycles. The van der Waals surface area contributed by atoms with Crippen molar-refractivity contribution in [3.05, 3.63) is 68.4 Å². The summed E-state index contributed by atoms with van der Waals surface area (Å²) in [5, 5.41) is 5.44. The maximum atomic E-state index is 12.9. The first-order valence-corrected chi connectivity index (χ1v) is 10.2. The van der Waals surface area contributed by atoms with Crippen molar-refractivity contribution in [1.29, 1.82) is 0 Å². The van der Waals surface area contributed by atoms with E-state index in [0.29, 0.717) is 5.69 Å². The molecule has 0 N–H and O–H groups in total. The van der Waals surface area contributed by atoms with Gasteiger partial charge in [0.15, 0.2) is 0 Å². The lowest BCUT2D eigenvalue weighted by molar-refractivity contribution is -0.133. The van der Waals surface area contributed by atoms with Crippen LogP contribution < -0.4 is 5.56 Å². The standard InChI is InChI=1S/C21H22N4O2S/c1-14-22-17-9-6-10-18(21(17)28-14)24(2)20(27)13-25-19(26)12-11-16(23-25)15-7-4-3-5-8-15/h3-5,7-8,11-12,18H,6,9-10,13H2,1-2H3. The number of thiazole rings is 1. The molecule has 0 radical (unpaired) electrons. The third-order valence-corrected chi connectivity index (χ3v) is 6.22. The van der Waals surface area contributed by atoms with Crippen molar-refractivity contribution < 1.29 is 4.79 Å². The van der Waals surface area contributed by atoms with E-state index in [9.17, 15) is 9.59 Å². The number of likely N-dealkylation sites (N-methyl/N-ethyl adjacent to an activating group) is 1. The van der Waals surface area contributed by atoms with E-state index in [1.165, 1.54) is 15.6 Å². The Kier molecular flexibility index (Phi) is 5.09. The minimum absolute atomic E-state index is 0.0236. The minimum Gasteiger partial charge on any atom is -0.336 e. The first-order chi connectivity index (χ1) is 13.5. The van der Waals surface area contributed by atoms with Crippen LogP contribution in [-0.4, -0.2) is 32.6 Å². The Labute approximate surface area is 167 Å². The van der Waals surface area contributed by atoms with Crippen molar-refractivity contribution in [2.45, 2.75) is 38.8 Å². The molecule has 28 heavy (non-hydrogen) atoms. The van der Waals surface area contributed by atoms with Gasteiger partial charge >= 0.3 is 0 Å². The molecule has 1 unspecified atom stereocenters. The van der Waals surface area contributed by atoms with Crippen LogP contribution in [0.2, 0.25) is 0 Å². The predicted molar refractivity (Wildman–Crippen MR) is 109 cm³/mol. The van der Waals surface area contributed by atoms with Gasteiger partial charge in [0.1, 0.15) is 6.54 Å². The number of rotatable bonds is 4. The van der Waals surface area contributed by atoms with Crippen molar-refractivity contribution >= 4 is 17.2 Å². The second-order valence-corrected chi connectivity index (χ2v) is 8.27. The number of fused-ring (bicyclic) bond motifs is 1. The minimum atomic E-state index is -0.278. The second-order valence-electron chi connectivity index (χ2n) is 7.04. The van der Waals surface area contributed by atoms with Gasteiger partial charge in [-0.1, -0.05) is 30.3 Å². The average molecular weight is 395 g/mol. The monoisotopic (exact) mass is 394 g/mol. The van der Waals surface area contributed by atoms with E-state index >= 15 is 0 Å². The zero-order valence-electron chi connectivity index (χ0n) is 16.0. The molecule has 1 aromatic carbocycles. The highest BCUT2D eigenvalue weighted by molar-refractivity contribution is 7.11. The molecule has 4 rings (SSSR count). The molecule has 2 aromatic heterocycles. The highest BCUT2D eigenvalue weighted by Gasteiger charge is 2.29. The van der Waals surface area contributed by atoms with E-state index in [4.69, 9.17) is 0 Å². The zero-order valence-corrected chi connectivity index (χ0v) is 16.8. The molecule has 0 saturated carbocycles. The van der Waals surface area contributed by atoms with Crippen molar-refractivity contribution in [2.24, 2.45) is 0 Å². The molecule has 1 atom stereocenters. The van der Waals surface area contributed by atoms with Gasteiger partial charge in [-0.2, -0.15) is 5.10 Å². The van der Waals surface area contributed by atoms with Gasteiger partial charge in [-0.05, 0) is 32.3 Å². The Morgan fingerprint density at radius 3 is 2.82 bits per heavy atom. The Morgan fingerprint density at radius 1 is 1.25 bits per heavy atom. The van der Waals surface area contributed by atoms with Gasteiger partial charge in [-0.25, -0.2) is 9.67 Å². The summed E-state index contributed by atoms with van der Waals surface area (Å²) in [7, 11) is 1.81. The fourth-order valence-electron chi connectivity index (χ4n) is 3.63. The molecule has 0 aliphatic heterocycles. The quantitative estimate of drug-likeness (QED) is 0.681. The summed E-state index contributed by atoms with van der Waals surface area (Å²) in [6, 6.07) is 12.8. The lowest BCUT2D eigenvalue weighted by Crippen LogP contribution is -2.38. The van der Waals surface area contributed by atoms with Crippen LogP contribution in [0.5, 0.6) is 0 Å². The smallest absolute Gasteiger partial charge is 0.267 e. The Balaban J connectivity index is 1.56. The summed E-state index contributed by atoms with van der Waals surface area (Å²) in [6.07, 6.45) is 2.90. The number of aromatic nitrogens is 3. The molecule has 6 nitrogen and oxygen atoms in total. The van der Waals surface area contributed by atoms with Crippen molar-refractivity contribution in [2.75, 3.05) is 7.05 Å². The van der Waals surface area contributed by atoms with Crippen LogP contribution in [0.25, 0.3) is 11.3 Å². The molecule has 0 saturated heterocycles. The van der Waals surface area contributed by atoms with E-state index in [2.05, 4.69) is 10.1 Å². The Bertz CT molecular complexity index is 1060. The Morgan fingerprint density at radius 2 is 2.04 bits per heavy atom. The highest BCUT2D eigenvalue weighted by atomic mass is 32.1. The fraction of sp³-hybridized carbons (Fsp3) is 0.333. The van der Waals surface area contributed by atoms with Crippen LogP contribution in [0, 0.1) is 6.92 Å². The summed E-state index contributed by atoms with van der Waals surface area (Å²) in [5.41, 5.74) is 2.42. The highest BCUT2D eigenvalue weighted by Crippen LogP contribution is 2.37. The summed E-state index contributed by atoms with van der Waals surface area (Å²) in [6.45, 7) is 1.93. The van der Waals surface area contributed by atoms with Gasteiger partial charge in [0.25, 0.3) is 5.56 Å². The van der Waals surface area contributed by atoms with Crippen LogP contribution in [0.4, 0.5) is 0 Å². The lowest BCUT2D eigenvalue weighted by atomic mass is 9.97. The van der Waals surface area contributed by atoms with E-state index < -0.39 is 0 Å². The molecular formula is C21H22N4O2S. The molecule has 0 fully saturated rings. The maximum absolute atomic E-state index is 12.9. The van der Waals surface area contributed by atoms with Gasteiger partial charge in [0.2, 0.25) is 5.91 Å². The number of amides is 1. The van der Waals surface area contributed by atoms with Gasteiger partial charge in [-0.3, -0.25) is 9.59 Å². The zero-order chi connectivity index (χ0) is 19.7.